The highest BCUT2D eigenvalue weighted by Crippen LogP contribution is 2.19. The van der Waals surface area contributed by atoms with E-state index in [1.54, 1.807) is 4.68 Å². The summed E-state index contributed by atoms with van der Waals surface area (Å²) in [5.74, 6) is -0.337. The Morgan fingerprint density at radius 2 is 1.85 bits per heavy atom. The second kappa shape index (κ2) is 5.82. The summed E-state index contributed by atoms with van der Waals surface area (Å²) in [7, 11) is 1.81. The van der Waals surface area contributed by atoms with E-state index in [1.165, 1.54) is 6.92 Å². The Kier molecular flexibility index (Phi) is 4.13. The van der Waals surface area contributed by atoms with Crippen LogP contribution in [0.25, 0.3) is 0 Å². The summed E-state index contributed by atoms with van der Waals surface area (Å²) in [6.45, 7) is 3.36. The van der Waals surface area contributed by atoms with Crippen molar-refractivity contribution in [1.29, 1.82) is 0 Å². The van der Waals surface area contributed by atoms with Crippen molar-refractivity contribution in [3.05, 3.63) is 52.8 Å². The number of hydrogen-bond acceptors (Lipinski definition) is 3. The van der Waals surface area contributed by atoms with Gasteiger partial charge in [-0.1, -0.05) is 30.3 Å². The molecule has 0 spiro atoms. The van der Waals surface area contributed by atoms with Crippen LogP contribution in [-0.4, -0.2) is 21.3 Å². The summed E-state index contributed by atoms with van der Waals surface area (Å²) in [5, 5.41) is 4.27. The molecule has 0 aliphatic rings. The van der Waals surface area contributed by atoms with Crippen molar-refractivity contribution >= 4 is 11.6 Å². The van der Waals surface area contributed by atoms with Gasteiger partial charge in [0.1, 0.15) is 11.5 Å². The molecule has 1 heterocycles. The molecule has 4 heteroatoms. The Labute approximate surface area is 118 Å². The second-order valence-corrected chi connectivity index (χ2v) is 5.00. The quantitative estimate of drug-likeness (QED) is 0.619. The van der Waals surface area contributed by atoms with Crippen LogP contribution < -0.4 is 0 Å². The Bertz CT molecular complexity index is 642. The van der Waals surface area contributed by atoms with E-state index in [2.05, 4.69) is 5.10 Å². The van der Waals surface area contributed by atoms with E-state index in [0.717, 1.165) is 16.8 Å². The van der Waals surface area contributed by atoms with Crippen molar-refractivity contribution in [1.82, 2.24) is 9.78 Å². The maximum Gasteiger partial charge on any atom is 0.190 e. The molecule has 20 heavy (non-hydrogen) atoms. The third kappa shape index (κ3) is 3.02. The molecule has 0 saturated heterocycles. The topological polar surface area (TPSA) is 52.0 Å². The first-order valence-electron chi connectivity index (χ1n) is 6.58. The Morgan fingerprint density at radius 3 is 2.45 bits per heavy atom. The Morgan fingerprint density at radius 1 is 1.20 bits per heavy atom. The molecule has 0 atom stereocenters. The van der Waals surface area contributed by atoms with E-state index < -0.39 is 0 Å². The fourth-order valence-electron chi connectivity index (χ4n) is 2.20. The van der Waals surface area contributed by atoms with Crippen LogP contribution in [0.3, 0.4) is 0 Å². The minimum Gasteiger partial charge on any atom is -0.300 e. The molecule has 2 aromatic rings. The lowest BCUT2D eigenvalue weighted by molar-refractivity contribution is -0.116. The SMILES string of the molecule is CC(=O)CC(=O)c1nn(C)c(C)c1Cc1ccccc1. The molecule has 1 aromatic carbocycles. The zero-order chi connectivity index (χ0) is 14.7. The number of aromatic nitrogens is 2. The number of aryl methyl sites for hydroxylation is 1. The zero-order valence-electron chi connectivity index (χ0n) is 12.0. The van der Waals surface area contributed by atoms with Crippen molar-refractivity contribution < 1.29 is 9.59 Å². The van der Waals surface area contributed by atoms with Crippen LogP contribution in [0.2, 0.25) is 0 Å². The van der Waals surface area contributed by atoms with Crippen LogP contribution in [0, 0.1) is 6.92 Å². The number of Topliss-reactive ketones (excluding diaryl/α,β-unsaturated/α-hetero) is 2. The minimum absolute atomic E-state index is 0.0851. The van der Waals surface area contributed by atoms with Gasteiger partial charge in [-0.3, -0.25) is 14.3 Å². The van der Waals surface area contributed by atoms with E-state index in [-0.39, 0.29) is 18.0 Å². The highest BCUT2D eigenvalue weighted by Gasteiger charge is 2.20. The van der Waals surface area contributed by atoms with E-state index in [0.29, 0.717) is 12.1 Å². The van der Waals surface area contributed by atoms with Crippen molar-refractivity contribution in [2.45, 2.75) is 26.7 Å². The first-order valence-corrected chi connectivity index (χ1v) is 6.58. The number of benzene rings is 1. The number of rotatable bonds is 5. The van der Waals surface area contributed by atoms with Gasteiger partial charge in [-0.2, -0.15) is 5.10 Å². The van der Waals surface area contributed by atoms with E-state index in [4.69, 9.17) is 0 Å². The predicted octanol–water partition coefficient (Wildman–Crippen LogP) is 2.48. The maximum atomic E-state index is 12.1. The summed E-state index contributed by atoms with van der Waals surface area (Å²) >= 11 is 0. The van der Waals surface area contributed by atoms with Crippen LogP contribution in [-0.2, 0) is 18.3 Å². The number of hydrogen-bond donors (Lipinski definition) is 0. The van der Waals surface area contributed by atoms with Gasteiger partial charge in [-0.15, -0.1) is 0 Å². The Hall–Kier alpha value is -2.23. The minimum atomic E-state index is -0.202. The molecule has 0 radical (unpaired) electrons. The molecule has 0 N–H and O–H groups in total. The average molecular weight is 270 g/mol. The zero-order valence-corrected chi connectivity index (χ0v) is 12.0. The normalized spacial score (nSPS) is 10.6. The van der Waals surface area contributed by atoms with Crippen molar-refractivity contribution in [2.75, 3.05) is 0 Å². The summed E-state index contributed by atoms with van der Waals surface area (Å²) < 4.78 is 1.70. The van der Waals surface area contributed by atoms with Gasteiger partial charge in [-0.25, -0.2) is 0 Å². The summed E-state index contributed by atoms with van der Waals surface area (Å²) in [4.78, 5) is 23.3. The lowest BCUT2D eigenvalue weighted by Gasteiger charge is -2.03. The van der Waals surface area contributed by atoms with Crippen LogP contribution >= 0.6 is 0 Å². The molecule has 0 aliphatic carbocycles. The van der Waals surface area contributed by atoms with Gasteiger partial charge in [0.2, 0.25) is 0 Å². The Balaban J connectivity index is 2.36. The second-order valence-electron chi connectivity index (χ2n) is 5.00. The smallest absolute Gasteiger partial charge is 0.190 e. The molecular formula is C16H18N2O2. The first kappa shape index (κ1) is 14.2. The summed E-state index contributed by atoms with van der Waals surface area (Å²) in [5.41, 5.74) is 3.41. The largest absolute Gasteiger partial charge is 0.300 e. The van der Waals surface area contributed by atoms with Crippen molar-refractivity contribution in [2.24, 2.45) is 7.05 Å². The highest BCUT2D eigenvalue weighted by atomic mass is 16.1. The lowest BCUT2D eigenvalue weighted by Crippen LogP contribution is -2.08. The van der Waals surface area contributed by atoms with Crippen molar-refractivity contribution in [3.63, 3.8) is 0 Å². The van der Waals surface area contributed by atoms with Gasteiger partial charge in [-0.05, 0) is 19.4 Å². The van der Waals surface area contributed by atoms with Gasteiger partial charge in [0.15, 0.2) is 5.78 Å². The van der Waals surface area contributed by atoms with Gasteiger partial charge in [0.05, 0.1) is 6.42 Å². The van der Waals surface area contributed by atoms with E-state index in [1.807, 2.05) is 44.3 Å². The molecule has 0 bridgehead atoms. The van der Waals surface area contributed by atoms with Crippen LogP contribution in [0.4, 0.5) is 0 Å². The molecule has 104 valence electrons. The van der Waals surface area contributed by atoms with Gasteiger partial charge in [0, 0.05) is 24.7 Å². The molecule has 4 nitrogen and oxygen atoms in total. The van der Waals surface area contributed by atoms with E-state index >= 15 is 0 Å². The monoisotopic (exact) mass is 270 g/mol. The molecule has 0 amide bonds. The summed E-state index contributed by atoms with van der Waals surface area (Å²) in [6.07, 6.45) is 0.567. The van der Waals surface area contributed by atoms with Crippen LogP contribution in [0.5, 0.6) is 0 Å². The highest BCUT2D eigenvalue weighted by molar-refractivity contribution is 6.07. The molecule has 2 rings (SSSR count). The molecule has 0 aliphatic heterocycles. The predicted molar refractivity (Wildman–Crippen MR) is 76.8 cm³/mol. The van der Waals surface area contributed by atoms with E-state index in [9.17, 15) is 9.59 Å². The lowest BCUT2D eigenvalue weighted by atomic mass is 10.00. The number of nitrogens with zero attached hydrogens (tertiary/aromatic N) is 2. The third-order valence-corrected chi connectivity index (χ3v) is 3.36. The molecule has 0 unspecified atom stereocenters. The van der Waals surface area contributed by atoms with Gasteiger partial charge >= 0.3 is 0 Å². The molecule has 0 saturated carbocycles. The fourth-order valence-corrected chi connectivity index (χ4v) is 2.20. The molecule has 0 fully saturated rings. The third-order valence-electron chi connectivity index (χ3n) is 3.36. The van der Waals surface area contributed by atoms with Crippen LogP contribution in [0.15, 0.2) is 30.3 Å². The van der Waals surface area contributed by atoms with Crippen molar-refractivity contribution in [3.8, 4) is 0 Å². The number of ketones is 2. The van der Waals surface area contributed by atoms with Crippen LogP contribution in [0.1, 0.15) is 40.7 Å². The maximum absolute atomic E-state index is 12.1. The average Bonchev–Trinajstić information content (AvgIpc) is 2.68. The standard InChI is InChI=1S/C16H18N2O2/c1-11(19)9-15(20)16-14(12(2)18(3)17-16)10-13-7-5-4-6-8-13/h4-8H,9-10H2,1-3H3. The first-order chi connectivity index (χ1) is 9.49. The number of carbonyl (C=O) groups excluding carboxylic acids is 2. The van der Waals surface area contributed by atoms with Gasteiger partial charge < -0.3 is 0 Å². The molecule has 1 aromatic heterocycles. The van der Waals surface area contributed by atoms with Gasteiger partial charge in [0.25, 0.3) is 0 Å². The molecular weight excluding hydrogens is 252 g/mol. The fraction of sp³-hybridized carbons (Fsp3) is 0.312. The summed E-state index contributed by atoms with van der Waals surface area (Å²) in [6, 6.07) is 9.94. The number of carbonyl (C=O) groups is 2.